The summed E-state index contributed by atoms with van der Waals surface area (Å²) < 4.78 is 48.4. The number of hydrogen-bond acceptors (Lipinski definition) is 10. The molecule has 6 N–H and O–H groups in total. The largest absolute Gasteiger partial charge is 0.492 e. The number of benzene rings is 1. The molecule has 4 amide bonds. The van der Waals surface area contributed by atoms with Crippen molar-refractivity contribution in [3.05, 3.63) is 48.0 Å². The Kier molecular flexibility index (Phi) is 11.6. The number of aromatic nitrogens is 1. The molecule has 15 nitrogen and oxygen atoms in total. The maximum absolute atomic E-state index is 12.9. The standard InChI is InChI=1S/C25H30F3N5O10/c1-24(2,3)42-23(40)32-16(20(37)43-33-17(34)9-10-18(33)35)12-29-19(36)15(11-30-21(38)25(26,27)28)31-22(39)41-13-14-7-5-4-6-8-14/h4-10,15-16,34-35H,11-13H2,1-3H3,(H,29,36)(H,30,38)(H,31,39)(H,32,40)/t15-,16-/m0/s1. The lowest BCUT2D eigenvalue weighted by molar-refractivity contribution is -0.173. The Balaban J connectivity index is 2.16. The number of amides is 4. The Morgan fingerprint density at radius 2 is 1.40 bits per heavy atom. The molecule has 0 saturated carbocycles. The lowest BCUT2D eigenvalue weighted by Gasteiger charge is -2.24. The molecule has 43 heavy (non-hydrogen) atoms. The number of ether oxygens (including phenoxy) is 2. The molecule has 2 rings (SSSR count). The van der Waals surface area contributed by atoms with E-state index in [9.17, 15) is 47.4 Å². The lowest BCUT2D eigenvalue weighted by Crippen LogP contribution is -2.57. The molecule has 236 valence electrons. The van der Waals surface area contributed by atoms with E-state index < -0.39 is 78.7 Å². The number of halogens is 3. The van der Waals surface area contributed by atoms with Crippen molar-refractivity contribution < 1.29 is 61.7 Å². The van der Waals surface area contributed by atoms with Crippen LogP contribution >= 0.6 is 0 Å². The van der Waals surface area contributed by atoms with Crippen LogP contribution in [0.15, 0.2) is 42.5 Å². The van der Waals surface area contributed by atoms with Crippen molar-refractivity contribution in [2.75, 3.05) is 13.1 Å². The molecular formula is C25H30F3N5O10. The van der Waals surface area contributed by atoms with Gasteiger partial charge in [0.1, 0.15) is 24.3 Å². The molecule has 1 heterocycles. The minimum absolute atomic E-state index is 0.261. The van der Waals surface area contributed by atoms with Crippen LogP contribution in [-0.2, 0) is 30.5 Å². The van der Waals surface area contributed by atoms with Crippen LogP contribution in [0, 0.1) is 0 Å². The summed E-state index contributed by atoms with van der Waals surface area (Å²) in [5.74, 6) is -6.36. The second kappa shape index (κ2) is 14.6. The smallest absolute Gasteiger partial charge is 0.471 e. The number of carbonyl (C=O) groups is 5. The fraction of sp³-hybridized carbons (Fsp3) is 0.400. The van der Waals surface area contributed by atoms with Gasteiger partial charge in [-0.15, -0.1) is 4.73 Å². The van der Waals surface area contributed by atoms with Crippen LogP contribution in [0.1, 0.15) is 26.3 Å². The second-order valence-electron chi connectivity index (χ2n) is 9.66. The number of alkyl halides is 3. The van der Waals surface area contributed by atoms with E-state index in [2.05, 4.69) is 10.6 Å². The first-order chi connectivity index (χ1) is 20.0. The van der Waals surface area contributed by atoms with Gasteiger partial charge in [0.15, 0.2) is 0 Å². The van der Waals surface area contributed by atoms with E-state index in [4.69, 9.17) is 14.3 Å². The molecule has 0 aliphatic rings. The van der Waals surface area contributed by atoms with E-state index in [-0.39, 0.29) is 6.61 Å². The van der Waals surface area contributed by atoms with Crippen molar-refractivity contribution in [3.63, 3.8) is 0 Å². The van der Waals surface area contributed by atoms with Crippen molar-refractivity contribution in [1.82, 2.24) is 26.0 Å². The van der Waals surface area contributed by atoms with Crippen LogP contribution in [0.5, 0.6) is 11.8 Å². The number of carbonyl (C=O) groups excluding carboxylic acids is 5. The third-order valence-corrected chi connectivity index (χ3v) is 4.98. The summed E-state index contributed by atoms with van der Waals surface area (Å²) in [6.07, 6.45) is -7.68. The van der Waals surface area contributed by atoms with Gasteiger partial charge in [0.25, 0.3) is 0 Å². The molecule has 0 bridgehead atoms. The molecule has 0 unspecified atom stereocenters. The van der Waals surface area contributed by atoms with Crippen LogP contribution in [0.4, 0.5) is 22.8 Å². The van der Waals surface area contributed by atoms with Gasteiger partial charge in [-0.2, -0.15) is 13.2 Å². The summed E-state index contributed by atoms with van der Waals surface area (Å²) in [6, 6.07) is 6.58. The molecule has 0 radical (unpaired) electrons. The molecule has 1 aromatic heterocycles. The molecule has 0 aliphatic carbocycles. The quantitative estimate of drug-likeness (QED) is 0.209. The van der Waals surface area contributed by atoms with E-state index in [0.717, 1.165) is 12.1 Å². The van der Waals surface area contributed by atoms with Crippen LogP contribution in [-0.4, -0.2) is 81.9 Å². The van der Waals surface area contributed by atoms with E-state index in [1.165, 1.54) is 26.1 Å². The lowest BCUT2D eigenvalue weighted by atomic mass is 10.2. The zero-order valence-corrected chi connectivity index (χ0v) is 23.1. The van der Waals surface area contributed by atoms with Gasteiger partial charge >= 0.3 is 30.2 Å². The highest BCUT2D eigenvalue weighted by Crippen LogP contribution is 2.19. The highest BCUT2D eigenvalue weighted by Gasteiger charge is 2.39. The zero-order valence-electron chi connectivity index (χ0n) is 23.1. The van der Waals surface area contributed by atoms with Crippen molar-refractivity contribution >= 4 is 30.0 Å². The normalized spacial score (nSPS) is 12.7. The average Bonchev–Trinajstić information content (AvgIpc) is 3.22. The molecule has 2 atom stereocenters. The van der Waals surface area contributed by atoms with E-state index in [1.54, 1.807) is 30.3 Å². The number of aromatic hydroxyl groups is 2. The fourth-order valence-electron chi connectivity index (χ4n) is 3.03. The summed E-state index contributed by atoms with van der Waals surface area (Å²) in [7, 11) is 0. The van der Waals surface area contributed by atoms with Crippen molar-refractivity contribution in [2.45, 2.75) is 51.2 Å². The SMILES string of the molecule is CC(C)(C)OC(=O)N[C@@H](CNC(=O)[C@H](CNC(=O)C(F)(F)F)NC(=O)OCc1ccccc1)C(=O)On1c(O)ccc1O. The number of nitrogens with zero attached hydrogens (tertiary/aromatic N) is 1. The van der Waals surface area contributed by atoms with Gasteiger partial charge < -0.3 is 45.8 Å². The van der Waals surface area contributed by atoms with E-state index in [0.29, 0.717) is 10.3 Å². The summed E-state index contributed by atoms with van der Waals surface area (Å²) in [5, 5.41) is 27.2. The number of rotatable bonds is 11. The molecule has 2 aromatic rings. The molecule has 0 fully saturated rings. The maximum atomic E-state index is 12.9. The number of nitrogens with one attached hydrogen (secondary N) is 4. The van der Waals surface area contributed by atoms with Gasteiger partial charge in [0.05, 0.1) is 0 Å². The summed E-state index contributed by atoms with van der Waals surface area (Å²) >= 11 is 0. The van der Waals surface area contributed by atoms with Crippen molar-refractivity contribution in [3.8, 4) is 11.8 Å². The molecule has 18 heteroatoms. The Labute approximate surface area is 242 Å². The van der Waals surface area contributed by atoms with Crippen LogP contribution in [0.25, 0.3) is 0 Å². The van der Waals surface area contributed by atoms with Crippen LogP contribution in [0.3, 0.4) is 0 Å². The topological polar surface area (TPSA) is 207 Å². The zero-order chi connectivity index (χ0) is 32.4. The van der Waals surface area contributed by atoms with Gasteiger partial charge in [-0.1, -0.05) is 30.3 Å². The van der Waals surface area contributed by atoms with Gasteiger partial charge in [0.2, 0.25) is 17.7 Å². The monoisotopic (exact) mass is 617 g/mol. The summed E-state index contributed by atoms with van der Waals surface area (Å²) in [6.45, 7) is 2.43. The number of hydrogen-bond donors (Lipinski definition) is 6. The molecule has 0 spiro atoms. The van der Waals surface area contributed by atoms with Crippen LogP contribution < -0.4 is 26.1 Å². The second-order valence-corrected chi connectivity index (χ2v) is 9.66. The van der Waals surface area contributed by atoms with Crippen molar-refractivity contribution in [1.29, 1.82) is 0 Å². The first kappa shape index (κ1) is 34.0. The highest BCUT2D eigenvalue weighted by atomic mass is 19.4. The molecule has 1 aromatic carbocycles. The Morgan fingerprint density at radius 1 is 0.837 bits per heavy atom. The predicted octanol–water partition coefficient (Wildman–Crippen LogP) is 0.838. The average molecular weight is 618 g/mol. The third-order valence-electron chi connectivity index (χ3n) is 4.98. The van der Waals surface area contributed by atoms with Crippen molar-refractivity contribution in [2.24, 2.45) is 0 Å². The van der Waals surface area contributed by atoms with Crippen LogP contribution in [0.2, 0.25) is 0 Å². The molecular weight excluding hydrogens is 587 g/mol. The maximum Gasteiger partial charge on any atom is 0.471 e. The van der Waals surface area contributed by atoms with Gasteiger partial charge in [-0.3, -0.25) is 9.59 Å². The highest BCUT2D eigenvalue weighted by molar-refractivity contribution is 5.88. The minimum atomic E-state index is -5.30. The number of alkyl carbamates (subject to hydrolysis) is 2. The Bertz CT molecular complexity index is 1280. The minimum Gasteiger partial charge on any atom is -0.492 e. The summed E-state index contributed by atoms with van der Waals surface area (Å²) in [4.78, 5) is 66.4. The van der Waals surface area contributed by atoms with Gasteiger partial charge in [-0.05, 0) is 26.3 Å². The fourth-order valence-corrected chi connectivity index (χ4v) is 3.03. The Hall–Kier alpha value is -5.16. The first-order valence-corrected chi connectivity index (χ1v) is 12.4. The first-order valence-electron chi connectivity index (χ1n) is 12.4. The van der Waals surface area contributed by atoms with Gasteiger partial charge in [-0.25, -0.2) is 14.4 Å². The molecule has 0 aliphatic heterocycles. The Morgan fingerprint density at radius 3 is 1.95 bits per heavy atom. The van der Waals surface area contributed by atoms with E-state index in [1.807, 2.05) is 5.32 Å². The summed E-state index contributed by atoms with van der Waals surface area (Å²) in [5.41, 5.74) is -0.469. The van der Waals surface area contributed by atoms with E-state index >= 15 is 0 Å². The molecule has 0 saturated heterocycles. The third kappa shape index (κ3) is 11.7. The predicted molar refractivity (Wildman–Crippen MR) is 138 cm³/mol. The van der Waals surface area contributed by atoms with Gasteiger partial charge in [0, 0.05) is 25.2 Å².